The maximum atomic E-state index is 14.4. The summed E-state index contributed by atoms with van der Waals surface area (Å²) < 4.78 is 39.5. The van der Waals surface area contributed by atoms with Gasteiger partial charge in [-0.05, 0) is 54.0 Å². The SMILES string of the molecule is [C-]#[N+]C1(c2cccs2)CCC(c2c(C(=O)N3CCN(S(C)(=O)=O)CC3)cnc3ccc(F)cc23)CC1. The molecule has 1 saturated carbocycles. The zero-order valence-corrected chi connectivity index (χ0v) is 21.6. The zero-order valence-electron chi connectivity index (χ0n) is 20.0. The molecule has 7 nitrogen and oxygen atoms in total. The van der Waals surface area contributed by atoms with Gasteiger partial charge in [-0.3, -0.25) is 9.78 Å². The van der Waals surface area contributed by atoms with Crippen LogP contribution in [0.3, 0.4) is 0 Å². The summed E-state index contributed by atoms with van der Waals surface area (Å²) in [6, 6.07) is 8.44. The van der Waals surface area contributed by atoms with Crippen molar-refractivity contribution in [2.45, 2.75) is 37.1 Å². The number of thiophene rings is 1. The van der Waals surface area contributed by atoms with Crippen LogP contribution in [-0.4, -0.2) is 60.9 Å². The minimum atomic E-state index is -3.31. The lowest BCUT2D eigenvalue weighted by molar-refractivity contribution is 0.0696. The monoisotopic (exact) mass is 526 g/mol. The van der Waals surface area contributed by atoms with E-state index in [0.717, 1.165) is 10.4 Å². The number of aromatic nitrogens is 1. The minimum absolute atomic E-state index is 0.0107. The van der Waals surface area contributed by atoms with Crippen LogP contribution in [0.1, 0.15) is 52.4 Å². The largest absolute Gasteiger partial charge is 0.336 e. The van der Waals surface area contributed by atoms with Gasteiger partial charge >= 0.3 is 0 Å². The fourth-order valence-electron chi connectivity index (χ4n) is 5.53. The number of hydrogen-bond donors (Lipinski definition) is 0. The molecular weight excluding hydrogens is 499 g/mol. The van der Waals surface area contributed by atoms with Gasteiger partial charge in [0.25, 0.3) is 11.4 Å². The van der Waals surface area contributed by atoms with Gasteiger partial charge in [-0.15, -0.1) is 11.3 Å². The van der Waals surface area contributed by atoms with E-state index in [-0.39, 0.29) is 43.8 Å². The van der Waals surface area contributed by atoms with Gasteiger partial charge in [0.15, 0.2) is 0 Å². The Kier molecular flexibility index (Phi) is 6.57. The molecule has 2 aromatic heterocycles. The lowest BCUT2D eigenvalue weighted by atomic mass is 9.72. The molecule has 0 unspecified atom stereocenters. The number of carbonyl (C=O) groups is 1. The fourth-order valence-corrected chi connectivity index (χ4v) is 7.29. The number of nitrogens with zero attached hydrogens (tertiary/aromatic N) is 4. The quantitative estimate of drug-likeness (QED) is 0.465. The number of halogens is 1. The predicted octanol–water partition coefficient (Wildman–Crippen LogP) is 4.63. The summed E-state index contributed by atoms with van der Waals surface area (Å²) in [5.41, 5.74) is 1.31. The summed E-state index contributed by atoms with van der Waals surface area (Å²) in [4.78, 5) is 24.9. The van der Waals surface area contributed by atoms with Gasteiger partial charge in [-0.1, -0.05) is 6.07 Å². The average Bonchev–Trinajstić information content (AvgIpc) is 3.43. The van der Waals surface area contributed by atoms with E-state index in [1.165, 1.54) is 22.7 Å². The molecule has 0 radical (unpaired) electrons. The van der Waals surface area contributed by atoms with Crippen LogP contribution in [-0.2, 0) is 15.6 Å². The van der Waals surface area contributed by atoms with E-state index in [1.54, 1.807) is 28.5 Å². The molecule has 1 amide bonds. The average molecular weight is 527 g/mol. The molecule has 2 aliphatic rings. The number of pyridine rings is 1. The zero-order chi connectivity index (χ0) is 25.5. The second-order valence-electron chi connectivity index (χ2n) is 9.60. The molecule has 1 saturated heterocycles. The van der Waals surface area contributed by atoms with E-state index in [2.05, 4.69) is 9.83 Å². The first-order chi connectivity index (χ1) is 17.2. The third-order valence-electron chi connectivity index (χ3n) is 7.51. The Morgan fingerprint density at radius 1 is 1.19 bits per heavy atom. The van der Waals surface area contributed by atoms with Gasteiger partial charge < -0.3 is 9.74 Å². The number of sulfonamides is 1. The standard InChI is InChI=1S/C26H27FN4O3S2/c1-28-26(23-4-3-15-35-23)9-7-18(8-10-26)24-20-16-19(27)5-6-22(20)29-17-21(24)25(32)30-11-13-31(14-12-30)36(2,33)34/h3-6,15-18H,7-14H2,2H3. The van der Waals surface area contributed by atoms with Gasteiger partial charge in [0.2, 0.25) is 10.0 Å². The molecular formula is C26H27FN4O3S2. The summed E-state index contributed by atoms with van der Waals surface area (Å²) in [7, 11) is -3.31. The molecule has 36 heavy (non-hydrogen) atoms. The van der Waals surface area contributed by atoms with Crippen molar-refractivity contribution in [3.8, 4) is 0 Å². The van der Waals surface area contributed by atoms with Gasteiger partial charge in [0, 0.05) is 50.6 Å². The summed E-state index contributed by atoms with van der Waals surface area (Å²) in [5, 5.41) is 2.63. The highest BCUT2D eigenvalue weighted by molar-refractivity contribution is 7.88. The van der Waals surface area contributed by atoms with Crippen LogP contribution in [0, 0.1) is 12.4 Å². The Balaban J connectivity index is 1.48. The number of rotatable bonds is 4. The van der Waals surface area contributed by atoms with Crippen LogP contribution in [0.5, 0.6) is 0 Å². The lowest BCUT2D eigenvalue weighted by Gasteiger charge is -2.35. The van der Waals surface area contributed by atoms with E-state index in [1.807, 2.05) is 17.5 Å². The molecule has 2 fully saturated rings. The normalized spacial score (nSPS) is 23.5. The predicted molar refractivity (Wildman–Crippen MR) is 138 cm³/mol. The van der Waals surface area contributed by atoms with Crippen LogP contribution in [0.25, 0.3) is 15.7 Å². The Bertz CT molecular complexity index is 1430. The molecule has 5 rings (SSSR count). The highest BCUT2D eigenvalue weighted by Gasteiger charge is 2.45. The molecule has 1 aromatic carbocycles. The Morgan fingerprint density at radius 2 is 1.92 bits per heavy atom. The van der Waals surface area contributed by atoms with Gasteiger partial charge in [0.1, 0.15) is 5.82 Å². The smallest absolute Gasteiger partial charge is 0.266 e. The maximum absolute atomic E-state index is 14.4. The highest BCUT2D eigenvalue weighted by atomic mass is 32.2. The minimum Gasteiger partial charge on any atom is -0.336 e. The van der Waals surface area contributed by atoms with Gasteiger partial charge in [-0.25, -0.2) is 19.4 Å². The second kappa shape index (κ2) is 9.54. The molecule has 188 valence electrons. The Hall–Kier alpha value is -2.87. The second-order valence-corrected chi connectivity index (χ2v) is 12.5. The number of fused-ring (bicyclic) bond motifs is 1. The highest BCUT2D eigenvalue weighted by Crippen LogP contribution is 2.49. The molecule has 0 spiro atoms. The molecule has 10 heteroatoms. The van der Waals surface area contributed by atoms with Crippen LogP contribution < -0.4 is 0 Å². The number of hydrogen-bond acceptors (Lipinski definition) is 5. The molecule has 0 bridgehead atoms. The van der Waals surface area contributed by atoms with E-state index in [9.17, 15) is 17.6 Å². The first-order valence-corrected chi connectivity index (χ1v) is 14.7. The summed E-state index contributed by atoms with van der Waals surface area (Å²) >= 11 is 1.60. The van der Waals surface area contributed by atoms with Crippen LogP contribution in [0.15, 0.2) is 41.9 Å². The van der Waals surface area contributed by atoms with Crippen molar-refractivity contribution < 1.29 is 17.6 Å². The molecule has 3 aromatic rings. The van der Waals surface area contributed by atoms with Crippen molar-refractivity contribution in [2.75, 3.05) is 32.4 Å². The Morgan fingerprint density at radius 3 is 2.53 bits per heavy atom. The summed E-state index contributed by atoms with van der Waals surface area (Å²) in [5.74, 6) is -0.609. The van der Waals surface area contributed by atoms with Crippen molar-refractivity contribution in [1.29, 1.82) is 0 Å². The first-order valence-electron chi connectivity index (χ1n) is 12.0. The van der Waals surface area contributed by atoms with Gasteiger partial charge in [-0.2, -0.15) is 4.31 Å². The fraction of sp³-hybridized carbons (Fsp3) is 0.423. The number of amides is 1. The topological polar surface area (TPSA) is 74.9 Å². The first kappa shape index (κ1) is 24.8. The van der Waals surface area contributed by atoms with Crippen LogP contribution >= 0.6 is 11.3 Å². The number of piperazine rings is 1. The van der Waals surface area contributed by atoms with Crippen LogP contribution in [0.2, 0.25) is 0 Å². The third kappa shape index (κ3) is 4.51. The summed E-state index contributed by atoms with van der Waals surface area (Å²) in [6.45, 7) is 8.98. The third-order valence-corrected chi connectivity index (χ3v) is 9.88. The van der Waals surface area contributed by atoms with Crippen molar-refractivity contribution >= 4 is 38.2 Å². The molecule has 3 heterocycles. The summed E-state index contributed by atoms with van der Waals surface area (Å²) in [6.07, 6.45) is 5.50. The van der Waals surface area contributed by atoms with E-state index >= 15 is 0 Å². The molecule has 0 N–H and O–H groups in total. The van der Waals surface area contributed by atoms with E-state index in [0.29, 0.717) is 42.1 Å². The number of carbonyl (C=O) groups excluding carboxylic acids is 1. The van der Waals surface area contributed by atoms with Crippen LogP contribution in [0.4, 0.5) is 4.39 Å². The molecule has 1 aliphatic heterocycles. The van der Waals surface area contributed by atoms with Crippen molar-refractivity contribution in [3.05, 3.63) is 75.1 Å². The van der Waals surface area contributed by atoms with Crippen molar-refractivity contribution in [1.82, 2.24) is 14.2 Å². The molecule has 0 atom stereocenters. The maximum Gasteiger partial charge on any atom is 0.266 e. The van der Waals surface area contributed by atoms with E-state index < -0.39 is 15.6 Å². The van der Waals surface area contributed by atoms with E-state index in [4.69, 9.17) is 6.57 Å². The van der Waals surface area contributed by atoms with Gasteiger partial charge in [0.05, 0.1) is 22.2 Å². The Labute approximate surface area is 214 Å². The van der Waals surface area contributed by atoms with Crippen molar-refractivity contribution in [2.24, 2.45) is 0 Å². The molecule has 1 aliphatic carbocycles. The number of benzene rings is 1. The lowest BCUT2D eigenvalue weighted by Crippen LogP contribution is -2.50. The van der Waals surface area contributed by atoms with Crippen molar-refractivity contribution in [3.63, 3.8) is 0 Å².